The summed E-state index contributed by atoms with van der Waals surface area (Å²) in [4.78, 5) is 27.9. The summed E-state index contributed by atoms with van der Waals surface area (Å²) >= 11 is 0. The number of rotatable bonds is 5. The lowest BCUT2D eigenvalue weighted by atomic mass is 10.2. The van der Waals surface area contributed by atoms with Crippen molar-refractivity contribution in [2.75, 3.05) is 37.6 Å². The molecule has 6 nitrogen and oxygen atoms in total. The van der Waals surface area contributed by atoms with Gasteiger partial charge in [-0.25, -0.2) is 4.39 Å². The van der Waals surface area contributed by atoms with E-state index in [9.17, 15) is 14.0 Å². The standard InChI is InChI=1S/C18H20FN3O3/c19-14-3-5-15(6-4-14)21-9-11-22(12-10-21)17(23)7-8-20-18(24)16-2-1-13-25-16/h1-6,13H,7-12H2,(H,20,24). The van der Waals surface area contributed by atoms with Gasteiger partial charge >= 0.3 is 0 Å². The minimum absolute atomic E-state index is 0.0125. The van der Waals surface area contributed by atoms with Crippen LogP contribution in [0, 0.1) is 5.82 Å². The highest BCUT2D eigenvalue weighted by molar-refractivity contribution is 5.91. The Hall–Kier alpha value is -2.83. The van der Waals surface area contributed by atoms with Crippen molar-refractivity contribution in [1.82, 2.24) is 10.2 Å². The van der Waals surface area contributed by atoms with E-state index in [1.165, 1.54) is 18.4 Å². The number of amides is 2. The largest absolute Gasteiger partial charge is 0.459 e. The van der Waals surface area contributed by atoms with E-state index in [0.717, 1.165) is 5.69 Å². The Morgan fingerprint density at radius 3 is 2.44 bits per heavy atom. The molecule has 1 saturated heterocycles. The molecule has 1 aromatic heterocycles. The summed E-state index contributed by atoms with van der Waals surface area (Å²) in [5, 5.41) is 2.67. The molecular weight excluding hydrogens is 325 g/mol. The van der Waals surface area contributed by atoms with Crippen LogP contribution >= 0.6 is 0 Å². The monoisotopic (exact) mass is 345 g/mol. The quantitative estimate of drug-likeness (QED) is 0.899. The molecule has 7 heteroatoms. The molecular formula is C18H20FN3O3. The van der Waals surface area contributed by atoms with Gasteiger partial charge in [0.15, 0.2) is 5.76 Å². The zero-order chi connectivity index (χ0) is 17.6. The molecule has 2 amide bonds. The highest BCUT2D eigenvalue weighted by atomic mass is 19.1. The van der Waals surface area contributed by atoms with Gasteiger partial charge in [-0.05, 0) is 36.4 Å². The van der Waals surface area contributed by atoms with Crippen molar-refractivity contribution in [2.24, 2.45) is 0 Å². The average molecular weight is 345 g/mol. The topological polar surface area (TPSA) is 65.8 Å². The van der Waals surface area contributed by atoms with Crippen LogP contribution in [0.4, 0.5) is 10.1 Å². The first kappa shape index (κ1) is 17.0. The van der Waals surface area contributed by atoms with Crippen molar-refractivity contribution in [1.29, 1.82) is 0 Å². The van der Waals surface area contributed by atoms with E-state index in [4.69, 9.17) is 4.42 Å². The lowest BCUT2D eigenvalue weighted by Gasteiger charge is -2.36. The highest BCUT2D eigenvalue weighted by Crippen LogP contribution is 2.17. The van der Waals surface area contributed by atoms with Gasteiger partial charge in [-0.1, -0.05) is 0 Å². The van der Waals surface area contributed by atoms with Crippen LogP contribution in [0.1, 0.15) is 17.0 Å². The predicted molar refractivity (Wildman–Crippen MR) is 90.9 cm³/mol. The van der Waals surface area contributed by atoms with Gasteiger partial charge in [-0.3, -0.25) is 9.59 Å². The Balaban J connectivity index is 1.41. The normalized spacial score (nSPS) is 14.4. The van der Waals surface area contributed by atoms with Crippen molar-refractivity contribution in [3.8, 4) is 0 Å². The molecule has 0 aliphatic carbocycles. The van der Waals surface area contributed by atoms with Crippen LogP contribution in [0.5, 0.6) is 0 Å². The van der Waals surface area contributed by atoms with Gasteiger partial charge in [0.2, 0.25) is 5.91 Å². The molecule has 3 rings (SSSR count). The number of hydrogen-bond donors (Lipinski definition) is 1. The molecule has 2 aromatic rings. The second-order valence-electron chi connectivity index (χ2n) is 5.83. The van der Waals surface area contributed by atoms with Gasteiger partial charge in [-0.2, -0.15) is 0 Å². The molecule has 1 aliphatic rings. The molecule has 1 N–H and O–H groups in total. The zero-order valence-corrected chi connectivity index (χ0v) is 13.8. The molecule has 0 spiro atoms. The average Bonchev–Trinajstić information content (AvgIpc) is 3.17. The number of carbonyl (C=O) groups excluding carboxylic acids is 2. The number of benzene rings is 1. The van der Waals surface area contributed by atoms with Crippen molar-refractivity contribution in [3.63, 3.8) is 0 Å². The third kappa shape index (κ3) is 4.37. The van der Waals surface area contributed by atoms with Crippen LogP contribution in [0.25, 0.3) is 0 Å². The van der Waals surface area contributed by atoms with Crippen LogP contribution in [-0.4, -0.2) is 49.4 Å². The summed E-state index contributed by atoms with van der Waals surface area (Å²) in [5.41, 5.74) is 0.958. The van der Waals surface area contributed by atoms with Crippen molar-refractivity contribution in [2.45, 2.75) is 6.42 Å². The van der Waals surface area contributed by atoms with Crippen LogP contribution in [0.3, 0.4) is 0 Å². The predicted octanol–water partition coefficient (Wildman–Crippen LogP) is 1.89. The van der Waals surface area contributed by atoms with Gasteiger partial charge < -0.3 is 19.5 Å². The number of anilines is 1. The van der Waals surface area contributed by atoms with Gasteiger partial charge in [0.25, 0.3) is 5.91 Å². The van der Waals surface area contributed by atoms with E-state index >= 15 is 0 Å². The summed E-state index contributed by atoms with van der Waals surface area (Å²) in [6, 6.07) is 9.59. The van der Waals surface area contributed by atoms with Crippen LogP contribution in [-0.2, 0) is 4.79 Å². The van der Waals surface area contributed by atoms with Crippen LogP contribution < -0.4 is 10.2 Å². The number of piperazine rings is 1. The molecule has 25 heavy (non-hydrogen) atoms. The summed E-state index contributed by atoms with van der Waals surface area (Å²) in [7, 11) is 0. The SMILES string of the molecule is O=C(NCCC(=O)N1CCN(c2ccc(F)cc2)CC1)c1ccco1. The maximum Gasteiger partial charge on any atom is 0.286 e. The lowest BCUT2D eigenvalue weighted by Crippen LogP contribution is -2.49. The fourth-order valence-corrected chi connectivity index (χ4v) is 2.80. The Morgan fingerprint density at radius 2 is 1.80 bits per heavy atom. The van der Waals surface area contributed by atoms with E-state index < -0.39 is 0 Å². The van der Waals surface area contributed by atoms with Crippen LogP contribution in [0.2, 0.25) is 0 Å². The second kappa shape index (κ2) is 7.83. The van der Waals surface area contributed by atoms with E-state index in [-0.39, 0.29) is 36.4 Å². The third-order valence-corrected chi connectivity index (χ3v) is 4.19. The first-order valence-electron chi connectivity index (χ1n) is 8.23. The van der Waals surface area contributed by atoms with Gasteiger partial charge in [0, 0.05) is 44.8 Å². The Bertz CT molecular complexity index is 708. The summed E-state index contributed by atoms with van der Waals surface area (Å²) in [5.74, 6) is -0.327. The third-order valence-electron chi connectivity index (χ3n) is 4.19. The number of hydrogen-bond acceptors (Lipinski definition) is 4. The van der Waals surface area contributed by atoms with Crippen molar-refractivity contribution >= 4 is 17.5 Å². The van der Waals surface area contributed by atoms with Gasteiger partial charge in [0.05, 0.1) is 6.26 Å². The Morgan fingerprint density at radius 1 is 1.08 bits per heavy atom. The fourth-order valence-electron chi connectivity index (χ4n) is 2.80. The maximum absolute atomic E-state index is 13.0. The summed E-state index contributed by atoms with van der Waals surface area (Å²) in [6.07, 6.45) is 1.68. The molecule has 1 aliphatic heterocycles. The number of carbonyl (C=O) groups is 2. The fraction of sp³-hybridized carbons (Fsp3) is 0.333. The van der Waals surface area contributed by atoms with E-state index in [1.807, 2.05) is 0 Å². The molecule has 1 aromatic carbocycles. The lowest BCUT2D eigenvalue weighted by molar-refractivity contribution is -0.131. The molecule has 1 fully saturated rings. The van der Waals surface area contributed by atoms with Gasteiger partial charge in [0.1, 0.15) is 5.82 Å². The first-order valence-corrected chi connectivity index (χ1v) is 8.23. The summed E-state index contributed by atoms with van der Waals surface area (Å²) in [6.45, 7) is 2.91. The Kier molecular flexibility index (Phi) is 5.33. The molecule has 2 heterocycles. The van der Waals surface area contributed by atoms with E-state index in [2.05, 4.69) is 10.2 Å². The number of nitrogens with zero attached hydrogens (tertiary/aromatic N) is 2. The number of furan rings is 1. The summed E-state index contributed by atoms with van der Waals surface area (Å²) < 4.78 is 18.0. The second-order valence-corrected chi connectivity index (χ2v) is 5.83. The van der Waals surface area contributed by atoms with E-state index in [1.54, 1.807) is 29.2 Å². The van der Waals surface area contributed by atoms with E-state index in [0.29, 0.717) is 26.2 Å². The van der Waals surface area contributed by atoms with Crippen molar-refractivity contribution in [3.05, 3.63) is 54.2 Å². The van der Waals surface area contributed by atoms with Gasteiger partial charge in [-0.15, -0.1) is 0 Å². The molecule has 0 saturated carbocycles. The molecule has 0 unspecified atom stereocenters. The zero-order valence-electron chi connectivity index (χ0n) is 13.8. The van der Waals surface area contributed by atoms with Crippen LogP contribution in [0.15, 0.2) is 47.1 Å². The minimum Gasteiger partial charge on any atom is -0.459 e. The molecule has 0 radical (unpaired) electrons. The maximum atomic E-state index is 13.0. The van der Waals surface area contributed by atoms with Crippen molar-refractivity contribution < 1.29 is 18.4 Å². The number of halogens is 1. The highest BCUT2D eigenvalue weighted by Gasteiger charge is 2.21. The molecule has 0 atom stereocenters. The first-order chi connectivity index (χ1) is 12.1. The number of nitrogens with one attached hydrogen (secondary N) is 1. The smallest absolute Gasteiger partial charge is 0.286 e. The molecule has 0 bridgehead atoms. The Labute approximate surface area is 145 Å². The molecule has 132 valence electrons. The minimum atomic E-state index is -0.320.